The minimum Gasteiger partial charge on any atom is -0.495 e. The molecule has 0 bridgehead atoms. The molecule has 0 spiro atoms. The SMILES string of the molecule is COc1cc(C(=O)NC2CCN(C3CC3)CC2)ccc1Nc1ncc(C(F)(F)F)c(NCc2ccc(C)cc2N(C)S(C)=O)n1. The number of aromatic nitrogens is 2. The van der Waals surface area contributed by atoms with E-state index < -0.39 is 28.5 Å². The number of nitrogens with zero attached hydrogens (tertiary/aromatic N) is 4. The number of amides is 1. The molecule has 10 nitrogen and oxygen atoms in total. The van der Waals surface area contributed by atoms with Gasteiger partial charge in [0.05, 0.1) is 18.5 Å². The molecular weight excluding hydrogens is 607 g/mol. The second-order valence-electron chi connectivity index (χ2n) is 11.4. The summed E-state index contributed by atoms with van der Waals surface area (Å²) in [6.07, 6.45) is 1.87. The highest BCUT2D eigenvalue weighted by atomic mass is 32.2. The number of piperidine rings is 1. The van der Waals surface area contributed by atoms with Crippen LogP contribution in [0.4, 0.5) is 36.3 Å². The highest BCUT2D eigenvalue weighted by Gasteiger charge is 2.36. The number of halogens is 3. The van der Waals surface area contributed by atoms with E-state index >= 15 is 0 Å². The van der Waals surface area contributed by atoms with Crippen LogP contribution in [0.3, 0.4) is 0 Å². The number of ether oxygens (including phenoxy) is 1. The van der Waals surface area contributed by atoms with Gasteiger partial charge in [0, 0.05) is 56.8 Å². The fraction of sp³-hybridized carbons (Fsp3) is 0.452. The number of carbonyl (C=O) groups is 1. The fourth-order valence-corrected chi connectivity index (χ4v) is 5.84. The van der Waals surface area contributed by atoms with Crippen molar-refractivity contribution in [2.75, 3.05) is 48.4 Å². The number of anilines is 4. The summed E-state index contributed by atoms with van der Waals surface area (Å²) < 4.78 is 60.9. The number of benzene rings is 2. The second-order valence-corrected chi connectivity index (χ2v) is 12.8. The highest BCUT2D eigenvalue weighted by Crippen LogP contribution is 2.36. The molecule has 1 saturated heterocycles. The summed E-state index contributed by atoms with van der Waals surface area (Å²) in [6.45, 7) is 3.83. The number of alkyl halides is 3. The lowest BCUT2D eigenvalue weighted by molar-refractivity contribution is -0.137. The molecule has 1 amide bonds. The minimum absolute atomic E-state index is 0.0105. The summed E-state index contributed by atoms with van der Waals surface area (Å²) in [5.41, 5.74) is 1.94. The first kappa shape index (κ1) is 32.5. The third kappa shape index (κ3) is 8.03. The number of hydrogen-bond donors (Lipinski definition) is 3. The zero-order valence-electron chi connectivity index (χ0n) is 25.7. The molecule has 14 heteroatoms. The Morgan fingerprint density at radius 1 is 1.13 bits per heavy atom. The number of methoxy groups -OCH3 is 1. The van der Waals surface area contributed by atoms with Gasteiger partial charge in [0.25, 0.3) is 5.91 Å². The molecule has 1 aliphatic carbocycles. The Labute approximate surface area is 263 Å². The lowest BCUT2D eigenvalue weighted by atomic mass is 10.0. The first-order chi connectivity index (χ1) is 21.4. The molecule has 2 aliphatic rings. The standard InChI is InChI=1S/C31H38F3N7O3S/c1-19-5-6-21(26(15-19)40(2)45(4)43)17-35-28-24(31(32,33)34)18-36-30(39-28)38-25-10-7-20(16-27(25)44-3)29(42)37-22-11-13-41(14-12-22)23-8-9-23/h5-7,10,15-16,18,22-23H,8-9,11-14,17H2,1-4H3,(H,37,42)(H2,35,36,38,39). The van der Waals surface area contributed by atoms with Gasteiger partial charge in [0.15, 0.2) is 0 Å². The summed E-state index contributed by atoms with van der Waals surface area (Å²) in [5, 5.41) is 8.83. The van der Waals surface area contributed by atoms with Crippen molar-refractivity contribution in [1.82, 2.24) is 20.2 Å². The Bertz CT molecular complexity index is 1560. The van der Waals surface area contributed by atoms with E-state index in [4.69, 9.17) is 4.74 Å². The molecule has 242 valence electrons. The van der Waals surface area contributed by atoms with Crippen LogP contribution in [0.5, 0.6) is 5.75 Å². The van der Waals surface area contributed by atoms with Gasteiger partial charge in [0.2, 0.25) is 5.95 Å². The molecule has 2 heterocycles. The monoisotopic (exact) mass is 645 g/mol. The molecule has 1 saturated carbocycles. The Hall–Kier alpha value is -3.91. The molecule has 1 aliphatic heterocycles. The molecule has 45 heavy (non-hydrogen) atoms. The summed E-state index contributed by atoms with van der Waals surface area (Å²) >= 11 is 0. The molecule has 1 atom stereocenters. The number of hydrogen-bond acceptors (Lipinski definition) is 8. The van der Waals surface area contributed by atoms with E-state index in [1.807, 2.05) is 19.1 Å². The quantitative estimate of drug-likeness (QED) is 0.259. The van der Waals surface area contributed by atoms with Crippen molar-refractivity contribution in [3.8, 4) is 5.75 Å². The van der Waals surface area contributed by atoms with Gasteiger partial charge in [-0.15, -0.1) is 0 Å². The van der Waals surface area contributed by atoms with Crippen LogP contribution in [-0.2, 0) is 23.7 Å². The van der Waals surface area contributed by atoms with Gasteiger partial charge in [-0.3, -0.25) is 9.10 Å². The summed E-state index contributed by atoms with van der Waals surface area (Å²) in [6, 6.07) is 11.0. The van der Waals surface area contributed by atoms with Crippen molar-refractivity contribution in [3.05, 3.63) is 64.8 Å². The summed E-state index contributed by atoms with van der Waals surface area (Å²) in [7, 11) is 1.76. The Kier molecular flexibility index (Phi) is 9.82. The third-order valence-corrected chi connectivity index (χ3v) is 9.11. The van der Waals surface area contributed by atoms with Crippen molar-refractivity contribution in [1.29, 1.82) is 0 Å². The van der Waals surface area contributed by atoms with Gasteiger partial charge < -0.3 is 25.6 Å². The molecule has 2 fully saturated rings. The lowest BCUT2D eigenvalue weighted by Crippen LogP contribution is -2.45. The summed E-state index contributed by atoms with van der Waals surface area (Å²) in [4.78, 5) is 23.5. The van der Waals surface area contributed by atoms with Crippen LogP contribution in [0.1, 0.15) is 52.7 Å². The van der Waals surface area contributed by atoms with Gasteiger partial charge >= 0.3 is 6.18 Å². The minimum atomic E-state index is -4.71. The first-order valence-electron chi connectivity index (χ1n) is 14.8. The Morgan fingerprint density at radius 2 is 1.87 bits per heavy atom. The normalized spacial score (nSPS) is 16.6. The molecule has 2 aromatic carbocycles. The van der Waals surface area contributed by atoms with Crippen LogP contribution >= 0.6 is 0 Å². The van der Waals surface area contributed by atoms with E-state index in [1.54, 1.807) is 35.6 Å². The van der Waals surface area contributed by atoms with Crippen LogP contribution in [-0.4, -0.2) is 70.6 Å². The van der Waals surface area contributed by atoms with Crippen LogP contribution in [0.2, 0.25) is 0 Å². The Morgan fingerprint density at radius 3 is 2.51 bits per heavy atom. The highest BCUT2D eigenvalue weighted by molar-refractivity contribution is 7.85. The zero-order valence-corrected chi connectivity index (χ0v) is 26.5. The topological polar surface area (TPSA) is 112 Å². The van der Waals surface area contributed by atoms with Crippen molar-refractivity contribution < 1.29 is 26.9 Å². The second kappa shape index (κ2) is 13.6. The molecule has 5 rings (SSSR count). The van der Waals surface area contributed by atoms with Crippen molar-refractivity contribution in [3.63, 3.8) is 0 Å². The smallest absolute Gasteiger partial charge is 0.421 e. The van der Waals surface area contributed by atoms with E-state index in [0.717, 1.165) is 31.5 Å². The predicted octanol–water partition coefficient (Wildman–Crippen LogP) is 5.25. The van der Waals surface area contributed by atoms with E-state index in [2.05, 4.69) is 30.8 Å². The third-order valence-electron chi connectivity index (χ3n) is 8.14. The molecule has 0 radical (unpaired) electrons. The maximum Gasteiger partial charge on any atom is 0.421 e. The van der Waals surface area contributed by atoms with Gasteiger partial charge in [-0.05, 0) is 68.0 Å². The van der Waals surface area contributed by atoms with Crippen molar-refractivity contribution in [2.45, 2.75) is 57.4 Å². The largest absolute Gasteiger partial charge is 0.495 e. The van der Waals surface area contributed by atoms with Crippen LogP contribution < -0.4 is 25.0 Å². The average molecular weight is 646 g/mol. The van der Waals surface area contributed by atoms with Gasteiger partial charge in [-0.2, -0.15) is 18.2 Å². The van der Waals surface area contributed by atoms with Gasteiger partial charge in [0.1, 0.15) is 28.1 Å². The first-order valence-corrected chi connectivity index (χ1v) is 16.3. The maximum absolute atomic E-state index is 13.9. The molecular formula is C31H38F3N7O3S. The van der Waals surface area contributed by atoms with Crippen LogP contribution in [0.15, 0.2) is 42.6 Å². The summed E-state index contributed by atoms with van der Waals surface area (Å²) in [5.74, 6) is -0.423. The fourth-order valence-electron chi connectivity index (χ4n) is 5.39. The maximum atomic E-state index is 13.9. The number of likely N-dealkylation sites (tertiary alicyclic amines) is 1. The van der Waals surface area contributed by atoms with E-state index in [0.29, 0.717) is 40.5 Å². The van der Waals surface area contributed by atoms with Crippen molar-refractivity contribution in [2.24, 2.45) is 0 Å². The van der Waals surface area contributed by atoms with Gasteiger partial charge in [-0.1, -0.05) is 12.1 Å². The average Bonchev–Trinajstić information content (AvgIpc) is 3.86. The lowest BCUT2D eigenvalue weighted by Gasteiger charge is -2.32. The van der Waals surface area contributed by atoms with Gasteiger partial charge in [-0.25, -0.2) is 9.19 Å². The molecule has 3 N–H and O–H groups in total. The predicted molar refractivity (Wildman–Crippen MR) is 169 cm³/mol. The molecule has 1 unspecified atom stereocenters. The van der Waals surface area contributed by atoms with Crippen molar-refractivity contribution >= 4 is 40.0 Å². The number of nitrogens with one attached hydrogen (secondary N) is 3. The molecule has 3 aromatic rings. The number of carbonyl (C=O) groups excluding carboxylic acids is 1. The van der Waals surface area contributed by atoms with Crippen LogP contribution in [0.25, 0.3) is 0 Å². The number of aryl methyl sites for hydroxylation is 1. The van der Waals surface area contributed by atoms with Crippen LogP contribution in [0, 0.1) is 6.92 Å². The Balaban J connectivity index is 1.31. The van der Waals surface area contributed by atoms with E-state index in [9.17, 15) is 22.2 Å². The van der Waals surface area contributed by atoms with E-state index in [1.165, 1.54) is 26.2 Å². The van der Waals surface area contributed by atoms with E-state index in [-0.39, 0.29) is 24.4 Å². The molecule has 1 aromatic heterocycles. The zero-order chi connectivity index (χ0) is 32.3. The number of rotatable bonds is 11.